The lowest BCUT2D eigenvalue weighted by Crippen LogP contribution is -2.30. The average molecular weight is 453 g/mol. The maximum absolute atomic E-state index is 12.2. The van der Waals surface area contributed by atoms with Crippen LogP contribution in [0.25, 0.3) is 10.8 Å². The maximum Gasteiger partial charge on any atom is 0.312 e. The lowest BCUT2D eigenvalue weighted by atomic mass is 10.1. The molecule has 0 radical (unpaired) electrons. The highest BCUT2D eigenvalue weighted by molar-refractivity contribution is 5.87. The highest BCUT2D eigenvalue weighted by atomic mass is 16.5. The number of rotatable bonds is 11. The van der Waals surface area contributed by atoms with Crippen LogP contribution in [0.3, 0.4) is 0 Å². The molecule has 0 fully saturated rings. The van der Waals surface area contributed by atoms with Crippen molar-refractivity contribution in [3.63, 3.8) is 0 Å². The Labute approximate surface area is 191 Å². The first kappa shape index (κ1) is 23.8. The largest absolute Gasteiger partial charge is 0.490 e. The van der Waals surface area contributed by atoms with Gasteiger partial charge in [-0.2, -0.15) is 5.10 Å². The van der Waals surface area contributed by atoms with E-state index in [0.717, 1.165) is 5.56 Å². The van der Waals surface area contributed by atoms with E-state index in [0.29, 0.717) is 54.1 Å². The summed E-state index contributed by atoms with van der Waals surface area (Å²) in [5.41, 5.74) is 1.04. The van der Waals surface area contributed by atoms with Gasteiger partial charge in [-0.1, -0.05) is 24.3 Å². The predicted octanol–water partition coefficient (Wildman–Crippen LogP) is 2.17. The van der Waals surface area contributed by atoms with Gasteiger partial charge >= 0.3 is 5.97 Å². The second-order valence-corrected chi connectivity index (χ2v) is 7.13. The SMILES string of the molecule is CCOc1ccc(CCNC(=O)COC(=O)Cc2n[nH]c(=O)c3ccccc23)cc1OCC. The lowest BCUT2D eigenvalue weighted by Gasteiger charge is -2.12. The predicted molar refractivity (Wildman–Crippen MR) is 123 cm³/mol. The molecule has 0 unspecified atom stereocenters. The van der Waals surface area contributed by atoms with Crippen LogP contribution in [-0.4, -0.2) is 48.4 Å². The lowest BCUT2D eigenvalue weighted by molar-refractivity contribution is -0.147. The van der Waals surface area contributed by atoms with Crippen LogP contribution in [0.4, 0.5) is 0 Å². The minimum atomic E-state index is -0.609. The van der Waals surface area contributed by atoms with E-state index >= 15 is 0 Å². The number of nitrogens with one attached hydrogen (secondary N) is 2. The number of hydrogen-bond donors (Lipinski definition) is 2. The molecule has 1 amide bonds. The van der Waals surface area contributed by atoms with Crippen LogP contribution in [0.15, 0.2) is 47.3 Å². The van der Waals surface area contributed by atoms with Gasteiger partial charge in [0, 0.05) is 11.9 Å². The van der Waals surface area contributed by atoms with Gasteiger partial charge in [-0.25, -0.2) is 5.10 Å². The van der Waals surface area contributed by atoms with Crippen molar-refractivity contribution >= 4 is 22.6 Å². The molecule has 2 aromatic carbocycles. The van der Waals surface area contributed by atoms with E-state index < -0.39 is 18.5 Å². The summed E-state index contributed by atoms with van der Waals surface area (Å²) in [5.74, 6) is 0.339. The number of fused-ring (bicyclic) bond motifs is 1. The van der Waals surface area contributed by atoms with Crippen LogP contribution in [0.2, 0.25) is 0 Å². The smallest absolute Gasteiger partial charge is 0.312 e. The third-order valence-corrected chi connectivity index (χ3v) is 4.79. The summed E-state index contributed by atoms with van der Waals surface area (Å²) in [5, 5.41) is 10.0. The Morgan fingerprint density at radius 3 is 2.48 bits per heavy atom. The number of amides is 1. The minimum Gasteiger partial charge on any atom is -0.490 e. The fourth-order valence-electron chi connectivity index (χ4n) is 3.29. The number of ether oxygens (including phenoxy) is 3. The van der Waals surface area contributed by atoms with Crippen molar-refractivity contribution in [2.75, 3.05) is 26.4 Å². The van der Waals surface area contributed by atoms with Crippen LogP contribution in [0, 0.1) is 0 Å². The van der Waals surface area contributed by atoms with Crippen molar-refractivity contribution in [2.24, 2.45) is 0 Å². The number of esters is 1. The van der Waals surface area contributed by atoms with Gasteiger partial charge in [0.25, 0.3) is 11.5 Å². The Bertz CT molecular complexity index is 1170. The Kier molecular flexibility index (Phi) is 8.40. The molecule has 9 heteroatoms. The quantitative estimate of drug-likeness (QED) is 0.427. The second kappa shape index (κ2) is 11.7. The van der Waals surface area contributed by atoms with E-state index in [1.54, 1.807) is 24.3 Å². The summed E-state index contributed by atoms with van der Waals surface area (Å²) in [7, 11) is 0. The number of benzene rings is 2. The molecule has 0 spiro atoms. The number of aromatic nitrogens is 2. The van der Waals surface area contributed by atoms with E-state index in [1.807, 2.05) is 32.0 Å². The molecule has 9 nitrogen and oxygen atoms in total. The average Bonchev–Trinajstić information content (AvgIpc) is 2.82. The number of carbonyl (C=O) groups is 2. The van der Waals surface area contributed by atoms with Crippen molar-refractivity contribution in [1.82, 2.24) is 15.5 Å². The van der Waals surface area contributed by atoms with E-state index in [1.165, 1.54) is 0 Å². The molecule has 3 aromatic rings. The number of aromatic amines is 1. The van der Waals surface area contributed by atoms with Crippen molar-refractivity contribution in [3.8, 4) is 11.5 Å². The second-order valence-electron chi connectivity index (χ2n) is 7.13. The topological polar surface area (TPSA) is 120 Å². The number of nitrogens with zero attached hydrogens (tertiary/aromatic N) is 1. The highest BCUT2D eigenvalue weighted by Crippen LogP contribution is 2.28. The van der Waals surface area contributed by atoms with Gasteiger partial charge in [0.05, 0.1) is 30.7 Å². The molecule has 1 heterocycles. The molecule has 0 saturated heterocycles. The van der Waals surface area contributed by atoms with Gasteiger partial charge in [0.1, 0.15) is 0 Å². The monoisotopic (exact) mass is 453 g/mol. The first-order chi connectivity index (χ1) is 16.0. The third-order valence-electron chi connectivity index (χ3n) is 4.79. The minimum absolute atomic E-state index is 0.156. The van der Waals surface area contributed by atoms with Gasteiger partial charge in [-0.05, 0) is 44.0 Å². The molecule has 1 aromatic heterocycles. The van der Waals surface area contributed by atoms with Crippen molar-refractivity contribution in [2.45, 2.75) is 26.7 Å². The fourth-order valence-corrected chi connectivity index (χ4v) is 3.29. The molecule has 0 aliphatic heterocycles. The van der Waals surface area contributed by atoms with Crippen LogP contribution < -0.4 is 20.3 Å². The molecule has 2 N–H and O–H groups in total. The Morgan fingerprint density at radius 2 is 1.73 bits per heavy atom. The van der Waals surface area contributed by atoms with E-state index in [2.05, 4.69) is 15.5 Å². The Hall–Kier alpha value is -3.88. The molecule has 0 aliphatic carbocycles. The molecule has 0 saturated carbocycles. The Morgan fingerprint density at radius 1 is 1.00 bits per heavy atom. The molecular weight excluding hydrogens is 426 g/mol. The standard InChI is InChI=1S/C24H27N3O6/c1-3-31-20-10-9-16(13-21(20)32-4-2)11-12-25-22(28)15-33-23(29)14-19-17-7-5-6-8-18(17)24(30)27-26-19/h5-10,13H,3-4,11-12,14-15H2,1-2H3,(H,25,28)(H,27,30). The summed E-state index contributed by atoms with van der Waals surface area (Å²) in [6, 6.07) is 12.5. The molecule has 0 bridgehead atoms. The summed E-state index contributed by atoms with van der Waals surface area (Å²) < 4.78 is 16.2. The summed E-state index contributed by atoms with van der Waals surface area (Å²) in [6.45, 7) is 4.86. The fraction of sp³-hybridized carbons (Fsp3) is 0.333. The van der Waals surface area contributed by atoms with E-state index in [4.69, 9.17) is 14.2 Å². The first-order valence-corrected chi connectivity index (χ1v) is 10.8. The zero-order chi connectivity index (χ0) is 23.6. The third kappa shape index (κ3) is 6.55. The first-order valence-electron chi connectivity index (χ1n) is 10.8. The van der Waals surface area contributed by atoms with Gasteiger partial charge < -0.3 is 19.5 Å². The van der Waals surface area contributed by atoms with Crippen molar-refractivity contribution < 1.29 is 23.8 Å². The van der Waals surface area contributed by atoms with E-state index in [-0.39, 0.29) is 12.0 Å². The molecule has 0 atom stereocenters. The van der Waals surface area contributed by atoms with Crippen molar-refractivity contribution in [3.05, 3.63) is 64.1 Å². The number of carbonyl (C=O) groups excluding carboxylic acids is 2. The Balaban J connectivity index is 1.46. The summed E-state index contributed by atoms with van der Waals surface area (Å²) >= 11 is 0. The van der Waals surface area contributed by atoms with Gasteiger partial charge in [-0.3, -0.25) is 14.4 Å². The zero-order valence-electron chi connectivity index (χ0n) is 18.7. The molecular formula is C24H27N3O6. The normalized spacial score (nSPS) is 10.6. The van der Waals surface area contributed by atoms with Gasteiger partial charge in [0.15, 0.2) is 18.1 Å². The van der Waals surface area contributed by atoms with Crippen LogP contribution in [0.1, 0.15) is 25.1 Å². The number of hydrogen-bond acceptors (Lipinski definition) is 7. The molecule has 3 rings (SSSR count). The van der Waals surface area contributed by atoms with Crippen LogP contribution in [-0.2, 0) is 27.2 Å². The van der Waals surface area contributed by atoms with Gasteiger partial charge in [0.2, 0.25) is 0 Å². The maximum atomic E-state index is 12.2. The van der Waals surface area contributed by atoms with E-state index in [9.17, 15) is 14.4 Å². The summed E-state index contributed by atoms with van der Waals surface area (Å²) in [6.07, 6.45) is 0.427. The van der Waals surface area contributed by atoms with Crippen molar-refractivity contribution in [1.29, 1.82) is 0 Å². The van der Waals surface area contributed by atoms with Crippen LogP contribution >= 0.6 is 0 Å². The number of H-pyrrole nitrogens is 1. The molecule has 33 heavy (non-hydrogen) atoms. The van der Waals surface area contributed by atoms with Crippen LogP contribution in [0.5, 0.6) is 11.5 Å². The zero-order valence-corrected chi connectivity index (χ0v) is 18.7. The molecule has 174 valence electrons. The van der Waals surface area contributed by atoms with Gasteiger partial charge in [-0.15, -0.1) is 0 Å². The summed E-state index contributed by atoms with van der Waals surface area (Å²) in [4.78, 5) is 36.1. The highest BCUT2D eigenvalue weighted by Gasteiger charge is 2.13. The molecule has 0 aliphatic rings.